The molecule has 1 rings (SSSR count). The van der Waals surface area contributed by atoms with Crippen molar-refractivity contribution in [1.29, 1.82) is 0 Å². The van der Waals surface area contributed by atoms with Crippen LogP contribution < -0.4 is 0 Å². The molecule has 86 valence electrons. The molecular weight excluding hydrogens is 233 g/mol. The van der Waals surface area contributed by atoms with Crippen LogP contribution in [0.3, 0.4) is 0 Å². The van der Waals surface area contributed by atoms with Gasteiger partial charge in [-0.05, 0) is 25.3 Å². The molecule has 0 aliphatic rings. The number of ketones is 1. The van der Waals surface area contributed by atoms with Gasteiger partial charge in [0.1, 0.15) is 0 Å². The van der Waals surface area contributed by atoms with Gasteiger partial charge in [-0.1, -0.05) is 0 Å². The lowest BCUT2D eigenvalue weighted by molar-refractivity contribution is -0.137. The van der Waals surface area contributed by atoms with Crippen LogP contribution in [0.25, 0.3) is 0 Å². The molecule has 0 aliphatic heterocycles. The number of hydrogen-bond donors (Lipinski definition) is 0. The number of carbonyl (C=O) groups is 2. The Balaban J connectivity index is 2.96. The van der Waals surface area contributed by atoms with Gasteiger partial charge < -0.3 is 4.74 Å². The maximum absolute atomic E-state index is 13.3. The highest BCUT2D eigenvalue weighted by molar-refractivity contribution is 7.98. The van der Waals surface area contributed by atoms with Crippen molar-refractivity contribution in [2.75, 3.05) is 12.9 Å². The smallest absolute Gasteiger partial charge is 0.379 e. The van der Waals surface area contributed by atoms with Crippen LogP contribution in [0.2, 0.25) is 0 Å². The average Bonchev–Trinajstić information content (AvgIpc) is 2.28. The van der Waals surface area contributed by atoms with Crippen LogP contribution in [0.1, 0.15) is 17.3 Å². The van der Waals surface area contributed by atoms with E-state index in [2.05, 4.69) is 9.72 Å². The molecule has 6 heteroatoms. The lowest BCUT2D eigenvalue weighted by Crippen LogP contribution is -2.19. The number of carbonyl (C=O) groups excluding carboxylic acids is 2. The molecule has 1 aromatic heterocycles. The summed E-state index contributed by atoms with van der Waals surface area (Å²) in [6.07, 6.45) is 1.73. The van der Waals surface area contributed by atoms with E-state index in [0.29, 0.717) is 5.03 Å². The van der Waals surface area contributed by atoms with Crippen LogP contribution in [0.5, 0.6) is 0 Å². The Morgan fingerprint density at radius 2 is 2.19 bits per heavy atom. The lowest BCUT2D eigenvalue weighted by atomic mass is 10.2. The third kappa shape index (κ3) is 2.79. The molecule has 0 spiro atoms. The van der Waals surface area contributed by atoms with Gasteiger partial charge in [0, 0.05) is 0 Å². The van der Waals surface area contributed by atoms with E-state index < -0.39 is 17.7 Å². The molecule has 0 aromatic carbocycles. The van der Waals surface area contributed by atoms with Gasteiger partial charge in [-0.3, -0.25) is 4.79 Å². The van der Waals surface area contributed by atoms with E-state index in [1.807, 2.05) is 0 Å². The second-order valence-corrected chi connectivity index (χ2v) is 3.57. The molecular formula is C10H10FNO3S. The maximum atomic E-state index is 13.3. The van der Waals surface area contributed by atoms with Crippen molar-refractivity contribution < 1.29 is 18.7 Å². The summed E-state index contributed by atoms with van der Waals surface area (Å²) >= 11 is 1.24. The lowest BCUT2D eigenvalue weighted by Gasteiger charge is -2.02. The Hall–Kier alpha value is -1.43. The molecule has 0 unspecified atom stereocenters. The highest BCUT2D eigenvalue weighted by atomic mass is 32.2. The molecule has 1 heterocycles. The number of aromatic nitrogens is 1. The van der Waals surface area contributed by atoms with Crippen molar-refractivity contribution in [3.05, 3.63) is 23.6 Å². The van der Waals surface area contributed by atoms with Crippen LogP contribution in [-0.2, 0) is 9.53 Å². The van der Waals surface area contributed by atoms with Gasteiger partial charge in [0.2, 0.25) is 5.95 Å². The van der Waals surface area contributed by atoms with E-state index in [4.69, 9.17) is 0 Å². The van der Waals surface area contributed by atoms with Gasteiger partial charge in [0.05, 0.1) is 17.2 Å². The fraction of sp³-hybridized carbons (Fsp3) is 0.300. The fourth-order valence-corrected chi connectivity index (χ4v) is 1.38. The zero-order valence-electron chi connectivity index (χ0n) is 8.82. The van der Waals surface area contributed by atoms with Crippen LogP contribution in [0.4, 0.5) is 4.39 Å². The van der Waals surface area contributed by atoms with Gasteiger partial charge in [-0.2, -0.15) is 4.39 Å². The largest absolute Gasteiger partial charge is 0.460 e. The number of thioether (sulfide) groups is 1. The van der Waals surface area contributed by atoms with Crippen molar-refractivity contribution in [3.8, 4) is 0 Å². The SMILES string of the molecule is CCOC(=O)C(=O)c1ccc(SC)nc1F. The van der Waals surface area contributed by atoms with Crippen molar-refractivity contribution in [2.24, 2.45) is 0 Å². The molecule has 0 saturated carbocycles. The molecule has 0 atom stereocenters. The average molecular weight is 243 g/mol. The number of esters is 1. The summed E-state index contributed by atoms with van der Waals surface area (Å²) in [5.41, 5.74) is -0.365. The van der Waals surface area contributed by atoms with Gasteiger partial charge in [0.25, 0.3) is 5.78 Å². The number of hydrogen-bond acceptors (Lipinski definition) is 5. The van der Waals surface area contributed by atoms with Crippen LogP contribution in [0.15, 0.2) is 17.2 Å². The van der Waals surface area contributed by atoms with E-state index in [1.165, 1.54) is 23.9 Å². The number of halogens is 1. The summed E-state index contributed by atoms with van der Waals surface area (Å²) in [5, 5.41) is 0.443. The first kappa shape index (κ1) is 12.6. The molecule has 0 fully saturated rings. The minimum Gasteiger partial charge on any atom is -0.460 e. The molecule has 0 aliphatic carbocycles. The summed E-state index contributed by atoms with van der Waals surface area (Å²) in [5.74, 6) is -3.04. The van der Waals surface area contributed by atoms with Gasteiger partial charge in [-0.25, -0.2) is 9.78 Å². The maximum Gasteiger partial charge on any atom is 0.379 e. The first-order valence-corrected chi connectivity index (χ1v) is 5.74. The minimum absolute atomic E-state index is 0.0719. The molecule has 0 radical (unpaired) electrons. The molecule has 16 heavy (non-hydrogen) atoms. The van der Waals surface area contributed by atoms with Crippen molar-refractivity contribution >= 4 is 23.5 Å². The van der Waals surface area contributed by atoms with Crippen LogP contribution in [-0.4, -0.2) is 29.6 Å². The van der Waals surface area contributed by atoms with E-state index in [9.17, 15) is 14.0 Å². The number of nitrogens with zero attached hydrogens (tertiary/aromatic N) is 1. The monoisotopic (exact) mass is 243 g/mol. The third-order valence-corrected chi connectivity index (χ3v) is 2.38. The second-order valence-electron chi connectivity index (χ2n) is 2.74. The standard InChI is InChI=1S/C10H10FNO3S/c1-3-15-10(14)8(13)6-4-5-7(16-2)12-9(6)11/h4-5H,3H2,1-2H3. The van der Waals surface area contributed by atoms with Crippen molar-refractivity contribution in [1.82, 2.24) is 4.98 Å². The Kier molecular flexibility index (Phi) is 4.42. The predicted molar refractivity (Wildman–Crippen MR) is 56.9 cm³/mol. The van der Waals surface area contributed by atoms with Gasteiger partial charge in [-0.15, -0.1) is 11.8 Å². The van der Waals surface area contributed by atoms with Crippen molar-refractivity contribution in [2.45, 2.75) is 11.9 Å². The summed E-state index contributed by atoms with van der Waals surface area (Å²) in [6.45, 7) is 1.64. The number of ether oxygens (including phenoxy) is 1. The summed E-state index contributed by atoms with van der Waals surface area (Å²) in [4.78, 5) is 26.0. The van der Waals surface area contributed by atoms with Gasteiger partial charge in [0.15, 0.2) is 0 Å². The zero-order valence-corrected chi connectivity index (χ0v) is 9.64. The first-order chi connectivity index (χ1) is 7.60. The Morgan fingerprint density at radius 3 is 2.69 bits per heavy atom. The normalized spacial score (nSPS) is 9.94. The molecule has 4 nitrogen and oxygen atoms in total. The molecule has 1 aromatic rings. The molecule has 0 amide bonds. The fourth-order valence-electron chi connectivity index (χ4n) is 1.01. The van der Waals surface area contributed by atoms with E-state index in [-0.39, 0.29) is 12.2 Å². The number of rotatable bonds is 4. The van der Waals surface area contributed by atoms with E-state index >= 15 is 0 Å². The summed E-state index contributed by atoms with van der Waals surface area (Å²) < 4.78 is 17.8. The zero-order chi connectivity index (χ0) is 12.1. The first-order valence-electron chi connectivity index (χ1n) is 4.52. The highest BCUT2D eigenvalue weighted by Gasteiger charge is 2.22. The topological polar surface area (TPSA) is 56.3 Å². The van der Waals surface area contributed by atoms with E-state index in [1.54, 1.807) is 13.2 Å². The third-order valence-electron chi connectivity index (χ3n) is 1.74. The van der Waals surface area contributed by atoms with Crippen LogP contribution in [0, 0.1) is 5.95 Å². The molecule has 0 saturated heterocycles. The Morgan fingerprint density at radius 1 is 1.50 bits per heavy atom. The Bertz CT molecular complexity index is 423. The van der Waals surface area contributed by atoms with Crippen molar-refractivity contribution in [3.63, 3.8) is 0 Å². The van der Waals surface area contributed by atoms with Gasteiger partial charge >= 0.3 is 5.97 Å². The quantitative estimate of drug-likeness (QED) is 0.265. The Labute approximate surface area is 96.2 Å². The molecule has 0 N–H and O–H groups in total. The van der Waals surface area contributed by atoms with E-state index in [0.717, 1.165) is 0 Å². The molecule has 0 bridgehead atoms. The highest BCUT2D eigenvalue weighted by Crippen LogP contribution is 2.15. The minimum atomic E-state index is -1.07. The second kappa shape index (κ2) is 5.60. The predicted octanol–water partition coefficient (Wildman–Crippen LogP) is 1.69. The number of pyridine rings is 1. The summed E-state index contributed by atoms with van der Waals surface area (Å²) in [7, 11) is 0. The summed E-state index contributed by atoms with van der Waals surface area (Å²) in [6, 6.07) is 2.70. The van der Waals surface area contributed by atoms with Crippen LogP contribution >= 0.6 is 11.8 Å². The number of Topliss-reactive ketones (excluding diaryl/α,β-unsaturated/α-hetero) is 1.